The van der Waals surface area contributed by atoms with Crippen LogP contribution in [0.3, 0.4) is 0 Å². The molecular weight excluding hydrogens is 1310 g/mol. The van der Waals surface area contributed by atoms with E-state index in [4.69, 9.17) is 0 Å². The van der Waals surface area contributed by atoms with Crippen molar-refractivity contribution >= 4 is 109 Å². The second-order valence-corrected chi connectivity index (χ2v) is 28.3. The second kappa shape index (κ2) is 25.8. The van der Waals surface area contributed by atoms with E-state index in [0.29, 0.717) is 0 Å². The van der Waals surface area contributed by atoms with Gasteiger partial charge in [-0.15, -0.1) is 0 Å². The van der Waals surface area contributed by atoms with Crippen molar-refractivity contribution < 1.29 is 0 Å². The van der Waals surface area contributed by atoms with E-state index in [9.17, 15) is 0 Å². The fraction of sp³-hybridized carbons (Fsp3) is 0. The molecule has 4 heteroatoms. The molecule has 0 aliphatic heterocycles. The largest absolute Gasteiger partial charge is 0.309 e. The molecule has 0 saturated carbocycles. The topological polar surface area (TPSA) is 19.7 Å². The molecule has 22 aromatic rings. The van der Waals surface area contributed by atoms with Crippen LogP contribution < -0.4 is 0 Å². The third-order valence-electron chi connectivity index (χ3n) is 22.3. The summed E-state index contributed by atoms with van der Waals surface area (Å²) < 4.78 is 9.64. The zero-order chi connectivity index (χ0) is 71.2. The van der Waals surface area contributed by atoms with Crippen molar-refractivity contribution in [3.63, 3.8) is 0 Å². The maximum atomic E-state index is 2.43. The van der Waals surface area contributed by atoms with E-state index in [1.54, 1.807) is 0 Å². The van der Waals surface area contributed by atoms with Gasteiger partial charge in [-0.05, 0) is 198 Å². The van der Waals surface area contributed by atoms with Crippen molar-refractivity contribution in [2.45, 2.75) is 0 Å². The lowest BCUT2D eigenvalue weighted by Gasteiger charge is -2.12. The number of fused-ring (bicyclic) bond motifs is 14. The first-order valence-corrected chi connectivity index (χ1v) is 37.2. The molecule has 0 aliphatic carbocycles. The van der Waals surface area contributed by atoms with Crippen molar-refractivity contribution in [2.75, 3.05) is 0 Å². The molecule has 108 heavy (non-hydrogen) atoms. The van der Waals surface area contributed by atoms with Gasteiger partial charge in [-0.25, -0.2) is 0 Å². The molecular formula is C104H68N4. The van der Waals surface area contributed by atoms with Gasteiger partial charge in [0.15, 0.2) is 0 Å². The summed E-state index contributed by atoms with van der Waals surface area (Å²) >= 11 is 0. The van der Waals surface area contributed by atoms with Gasteiger partial charge in [0.2, 0.25) is 0 Å². The fourth-order valence-corrected chi connectivity index (χ4v) is 17.0. The van der Waals surface area contributed by atoms with E-state index >= 15 is 0 Å². The van der Waals surface area contributed by atoms with E-state index in [1.165, 1.54) is 187 Å². The summed E-state index contributed by atoms with van der Waals surface area (Å²) in [5.74, 6) is 0. The molecule has 0 spiro atoms. The average molecular weight is 1370 g/mol. The van der Waals surface area contributed by atoms with Crippen LogP contribution in [0, 0.1) is 0 Å². The molecule has 4 nitrogen and oxygen atoms in total. The Hall–Kier alpha value is -14.3. The van der Waals surface area contributed by atoms with E-state index in [0.717, 1.165) is 11.4 Å². The van der Waals surface area contributed by atoms with E-state index in [1.807, 2.05) is 0 Å². The Morgan fingerprint density at radius 3 is 0.778 bits per heavy atom. The molecule has 0 bridgehead atoms. The highest BCUT2D eigenvalue weighted by Gasteiger charge is 2.21. The summed E-state index contributed by atoms with van der Waals surface area (Å²) in [6.45, 7) is 0. The summed E-state index contributed by atoms with van der Waals surface area (Å²) in [4.78, 5) is 0. The van der Waals surface area contributed by atoms with Crippen molar-refractivity contribution in [3.05, 3.63) is 413 Å². The number of aromatic nitrogens is 4. The monoisotopic (exact) mass is 1370 g/mol. The SMILES string of the molecule is c1ccc(-c2ccc(-c3ccc(-n4c5ccccc5c5cc(-c6ccc7c(c6)c6ccccc6n7-c6ccc7ccccc7c6)ccc54)cc3)cc2)cc1.c1ccc(-c2ccc(-c3ccc(-n4c5ccccc5c5cc(-c6ccc7c(c6)c6ccccc6n7-c6cccc7ccccc67)ccc54)cc3)cc2)cc1. The van der Waals surface area contributed by atoms with Gasteiger partial charge in [0.1, 0.15) is 0 Å². The first-order chi connectivity index (χ1) is 53.5. The summed E-state index contributed by atoms with van der Waals surface area (Å²) in [7, 11) is 0. The lowest BCUT2D eigenvalue weighted by Crippen LogP contribution is -1.95. The van der Waals surface area contributed by atoms with Crippen LogP contribution in [0.5, 0.6) is 0 Å². The number of rotatable bonds is 10. The van der Waals surface area contributed by atoms with Crippen LogP contribution in [0.2, 0.25) is 0 Å². The van der Waals surface area contributed by atoms with Crippen LogP contribution in [0.15, 0.2) is 413 Å². The first kappa shape index (κ1) is 62.3. The second-order valence-electron chi connectivity index (χ2n) is 28.3. The lowest BCUT2D eigenvalue weighted by molar-refractivity contribution is 1.18. The minimum atomic E-state index is 1.15. The molecule has 0 N–H and O–H groups in total. The van der Waals surface area contributed by atoms with E-state index < -0.39 is 0 Å². The van der Waals surface area contributed by atoms with Crippen LogP contribution in [-0.2, 0) is 0 Å². The zero-order valence-electron chi connectivity index (χ0n) is 59.0. The maximum Gasteiger partial charge on any atom is 0.0541 e. The molecule has 0 saturated heterocycles. The highest BCUT2D eigenvalue weighted by molar-refractivity contribution is 6.16. The van der Waals surface area contributed by atoms with Gasteiger partial charge in [0.05, 0.1) is 49.8 Å². The van der Waals surface area contributed by atoms with Gasteiger partial charge in [-0.1, -0.05) is 297 Å². The van der Waals surface area contributed by atoms with Crippen molar-refractivity contribution in [3.8, 4) is 89.5 Å². The molecule has 4 heterocycles. The number of hydrogen-bond donors (Lipinski definition) is 0. The van der Waals surface area contributed by atoms with E-state index in [2.05, 4.69) is 431 Å². The quantitative estimate of drug-likeness (QED) is 0.130. The summed E-state index contributed by atoms with van der Waals surface area (Å²) in [5.41, 5.74) is 29.0. The van der Waals surface area contributed by atoms with E-state index in [-0.39, 0.29) is 0 Å². The average Bonchev–Trinajstić information content (AvgIpc) is 1.59. The highest BCUT2D eigenvalue weighted by atomic mass is 15.0. The minimum absolute atomic E-state index is 1.15. The maximum absolute atomic E-state index is 2.43. The minimum Gasteiger partial charge on any atom is -0.309 e. The molecule has 0 aliphatic rings. The molecule has 4 aromatic heterocycles. The fourth-order valence-electron chi connectivity index (χ4n) is 17.0. The Morgan fingerprint density at radius 2 is 0.380 bits per heavy atom. The molecule has 0 amide bonds. The molecule has 0 fully saturated rings. The van der Waals surface area contributed by atoms with Gasteiger partial charge < -0.3 is 18.3 Å². The van der Waals surface area contributed by atoms with Crippen LogP contribution in [0.4, 0.5) is 0 Å². The third kappa shape index (κ3) is 10.6. The standard InChI is InChI=1S/2C52H34N2/c1-2-11-35(12-3-1)36-21-23-37(24-22-36)38-25-29-42(30-26-38)53-49-18-8-6-16-44(49)46-33-40(27-31-51(46)53)41-28-32-52-47(34-41)45-17-7-9-19-50(45)54(52)48-20-10-14-39-13-4-5-15-43(39)48;1-2-10-35(11-3-1)37-18-20-38(21-19-37)39-22-27-43(28-23-39)53-49-16-8-6-14-45(49)47-33-41(25-30-51(47)53)42-26-31-52-48(34-42)46-15-7-9-17-50(46)54(52)44-29-24-36-12-4-5-13-40(36)32-44/h2*1-34H. The highest BCUT2D eigenvalue weighted by Crippen LogP contribution is 2.43. The summed E-state index contributed by atoms with van der Waals surface area (Å²) in [6.07, 6.45) is 0. The van der Waals surface area contributed by atoms with Crippen LogP contribution >= 0.6 is 0 Å². The third-order valence-corrected chi connectivity index (χ3v) is 22.3. The summed E-state index contributed by atoms with van der Waals surface area (Å²) in [6, 6.07) is 150. The molecule has 18 aromatic carbocycles. The van der Waals surface area contributed by atoms with Gasteiger partial charge in [0, 0.05) is 65.5 Å². The zero-order valence-corrected chi connectivity index (χ0v) is 59.0. The molecule has 0 radical (unpaired) electrons. The predicted octanol–water partition coefficient (Wildman–Crippen LogP) is 28.1. The molecule has 0 atom stereocenters. The Labute approximate surface area is 625 Å². The van der Waals surface area contributed by atoms with Crippen LogP contribution in [0.25, 0.3) is 198 Å². The Bertz CT molecular complexity index is 7220. The van der Waals surface area contributed by atoms with Crippen molar-refractivity contribution in [1.82, 2.24) is 18.3 Å². The first-order valence-electron chi connectivity index (χ1n) is 37.2. The van der Waals surface area contributed by atoms with Crippen LogP contribution in [-0.4, -0.2) is 18.3 Å². The molecule has 22 rings (SSSR count). The Kier molecular flexibility index (Phi) is 14.9. The van der Waals surface area contributed by atoms with Crippen molar-refractivity contribution in [2.24, 2.45) is 0 Å². The normalized spacial score (nSPS) is 11.7. The Morgan fingerprint density at radius 1 is 0.120 bits per heavy atom. The summed E-state index contributed by atoms with van der Waals surface area (Å²) in [5, 5.41) is 15.0. The molecule has 0 unspecified atom stereocenters. The Balaban J connectivity index is 0.000000138. The van der Waals surface area contributed by atoms with Crippen molar-refractivity contribution in [1.29, 1.82) is 0 Å². The number of hydrogen-bond acceptors (Lipinski definition) is 0. The van der Waals surface area contributed by atoms with Crippen LogP contribution in [0.1, 0.15) is 0 Å². The lowest BCUT2D eigenvalue weighted by atomic mass is 10.00. The predicted molar refractivity (Wildman–Crippen MR) is 458 cm³/mol. The smallest absolute Gasteiger partial charge is 0.0541 e. The number of para-hydroxylation sites is 4. The number of benzene rings is 18. The van der Waals surface area contributed by atoms with Gasteiger partial charge in [0.25, 0.3) is 0 Å². The van der Waals surface area contributed by atoms with Gasteiger partial charge in [-0.3, -0.25) is 0 Å². The van der Waals surface area contributed by atoms with Gasteiger partial charge in [-0.2, -0.15) is 0 Å². The molecule has 504 valence electrons. The van der Waals surface area contributed by atoms with Gasteiger partial charge >= 0.3 is 0 Å². The number of nitrogens with zero attached hydrogens (tertiary/aromatic N) is 4.